The van der Waals surface area contributed by atoms with Crippen LogP contribution in [0.2, 0.25) is 5.02 Å². The van der Waals surface area contributed by atoms with Gasteiger partial charge in [0.05, 0.1) is 15.3 Å². The molecule has 1 atom stereocenters. The molecular weight excluding hydrogens is 382 g/mol. The first kappa shape index (κ1) is 18.0. The fourth-order valence-corrected chi connectivity index (χ4v) is 3.53. The van der Waals surface area contributed by atoms with Crippen molar-refractivity contribution in [2.75, 3.05) is 5.32 Å². The summed E-state index contributed by atoms with van der Waals surface area (Å²) in [6, 6.07) is 5.06. The summed E-state index contributed by atoms with van der Waals surface area (Å²) in [6.07, 6.45) is 1.47. The first-order valence-corrected chi connectivity index (χ1v) is 9.56. The van der Waals surface area contributed by atoms with E-state index in [1.54, 1.807) is 6.07 Å². The maximum absolute atomic E-state index is 11.0. The number of nitrogens with one attached hydrogen (secondary N) is 2. The molecule has 0 aromatic carbocycles. The van der Waals surface area contributed by atoms with Crippen LogP contribution in [0.25, 0.3) is 10.7 Å². The Morgan fingerprint density at radius 2 is 2.12 bits per heavy atom. The monoisotopic (exact) mass is 396 g/mol. The summed E-state index contributed by atoms with van der Waals surface area (Å²) in [6.45, 7) is 6.23. The summed E-state index contributed by atoms with van der Waals surface area (Å²) in [5.41, 5.74) is 0.913. The Morgan fingerprint density at radius 3 is 2.72 bits per heavy atom. The normalized spacial score (nSPS) is 13.0. The fraction of sp³-hybridized carbons (Fsp3) is 0.267. The van der Waals surface area contributed by atoms with E-state index >= 15 is 0 Å². The number of H-pyrrole nitrogens is 1. The van der Waals surface area contributed by atoms with Gasteiger partial charge in [0.1, 0.15) is 5.02 Å². The van der Waals surface area contributed by atoms with Crippen molar-refractivity contribution in [3.05, 3.63) is 35.1 Å². The molecule has 1 unspecified atom stereocenters. The highest BCUT2D eigenvalue weighted by Crippen LogP contribution is 2.31. The molecule has 25 heavy (non-hydrogen) atoms. The Balaban J connectivity index is 1.89. The number of rotatable bonds is 4. The minimum Gasteiger partial charge on any atom is -0.768 e. The molecule has 3 rings (SSSR count). The van der Waals surface area contributed by atoms with Gasteiger partial charge in [-0.05, 0) is 23.2 Å². The third-order valence-corrected chi connectivity index (χ3v) is 5.62. The number of aromatic amines is 1. The Morgan fingerprint density at radius 1 is 1.36 bits per heavy atom. The van der Waals surface area contributed by atoms with E-state index in [1.165, 1.54) is 12.3 Å². The largest absolute Gasteiger partial charge is 0.768 e. The molecule has 132 valence electrons. The molecule has 0 fully saturated rings. The smallest absolute Gasteiger partial charge is 0.171 e. The second-order valence-electron chi connectivity index (χ2n) is 6.29. The predicted molar refractivity (Wildman–Crippen MR) is 98.1 cm³/mol. The third kappa shape index (κ3) is 4.06. The van der Waals surface area contributed by atoms with Crippen molar-refractivity contribution in [2.24, 2.45) is 0 Å². The number of nitrogens with zero attached hydrogens (tertiary/aromatic N) is 3. The molecule has 0 bridgehead atoms. The van der Waals surface area contributed by atoms with Crippen LogP contribution < -0.4 is 5.32 Å². The zero-order valence-corrected chi connectivity index (χ0v) is 16.1. The summed E-state index contributed by atoms with van der Waals surface area (Å²) >= 11 is 4.99. The maximum Gasteiger partial charge on any atom is 0.171 e. The number of anilines is 2. The first-order chi connectivity index (χ1) is 11.7. The fourth-order valence-electron chi connectivity index (χ4n) is 1.99. The van der Waals surface area contributed by atoms with Crippen LogP contribution in [0.4, 0.5) is 11.6 Å². The maximum atomic E-state index is 11.0. The van der Waals surface area contributed by atoms with Gasteiger partial charge in [0, 0.05) is 17.2 Å². The predicted octanol–water partition coefficient (Wildman–Crippen LogP) is 3.86. The number of halogens is 1. The van der Waals surface area contributed by atoms with Gasteiger partial charge in [-0.25, -0.2) is 9.97 Å². The molecule has 3 heterocycles. The van der Waals surface area contributed by atoms with Crippen LogP contribution in [0.15, 0.2) is 28.6 Å². The van der Waals surface area contributed by atoms with E-state index in [-0.39, 0.29) is 9.62 Å². The van der Waals surface area contributed by atoms with Gasteiger partial charge in [-0.3, -0.25) is 9.31 Å². The van der Waals surface area contributed by atoms with E-state index in [9.17, 15) is 8.76 Å². The molecule has 3 aromatic rings. The van der Waals surface area contributed by atoms with Gasteiger partial charge in [-0.1, -0.05) is 32.4 Å². The molecule has 2 N–H and O–H groups in total. The topological polar surface area (TPSA) is 107 Å². The van der Waals surface area contributed by atoms with E-state index in [2.05, 4.69) is 46.3 Å². The number of aromatic nitrogens is 4. The molecule has 0 aliphatic carbocycles. The highest BCUT2D eigenvalue weighted by atomic mass is 35.5. The third-order valence-electron chi connectivity index (χ3n) is 3.34. The number of hydrogen-bond donors (Lipinski definition) is 2. The Labute approximate surface area is 156 Å². The molecule has 0 amide bonds. The Bertz CT molecular complexity index is 932. The van der Waals surface area contributed by atoms with Crippen molar-refractivity contribution >= 4 is 45.7 Å². The van der Waals surface area contributed by atoms with Crippen LogP contribution in [0.5, 0.6) is 0 Å². The molecule has 7 nitrogen and oxygen atoms in total. The minimum atomic E-state index is -2.27. The van der Waals surface area contributed by atoms with Gasteiger partial charge in [0.15, 0.2) is 17.5 Å². The van der Waals surface area contributed by atoms with Crippen LogP contribution in [0.1, 0.15) is 26.5 Å². The lowest BCUT2D eigenvalue weighted by Crippen LogP contribution is -2.11. The van der Waals surface area contributed by atoms with Crippen LogP contribution >= 0.6 is 22.9 Å². The van der Waals surface area contributed by atoms with Gasteiger partial charge >= 0.3 is 0 Å². The van der Waals surface area contributed by atoms with Crippen LogP contribution in [0.3, 0.4) is 0 Å². The number of hydrogen-bond acceptors (Lipinski definition) is 7. The Kier molecular flexibility index (Phi) is 4.92. The van der Waals surface area contributed by atoms with E-state index in [4.69, 9.17) is 11.6 Å². The standard InChI is InChI=1S/C15H16ClN5O2S2/c1-15(2,3)10-6-11(21-20-10)18-13-8(16)7-17-14(19-13)9-4-5-12(24-9)25(22)23/h4-7H,1-3H3,(H,22,23)(H2,17,18,19,20,21)/p-1. The first-order valence-electron chi connectivity index (χ1n) is 7.29. The molecular formula is C15H15ClN5O2S2-. The second kappa shape index (κ2) is 6.83. The molecule has 0 radical (unpaired) electrons. The van der Waals surface area contributed by atoms with Gasteiger partial charge in [0.2, 0.25) is 0 Å². The van der Waals surface area contributed by atoms with Gasteiger partial charge in [-0.15, -0.1) is 11.3 Å². The van der Waals surface area contributed by atoms with Gasteiger partial charge in [-0.2, -0.15) is 5.10 Å². The lowest BCUT2D eigenvalue weighted by atomic mass is 9.92. The lowest BCUT2D eigenvalue weighted by Gasteiger charge is -2.14. The highest BCUT2D eigenvalue weighted by molar-refractivity contribution is 7.81. The van der Waals surface area contributed by atoms with E-state index in [1.807, 2.05) is 6.07 Å². The molecule has 10 heteroatoms. The molecule has 0 aliphatic rings. The molecule has 0 spiro atoms. The van der Waals surface area contributed by atoms with Crippen molar-refractivity contribution < 1.29 is 8.76 Å². The van der Waals surface area contributed by atoms with Gasteiger partial charge in [0.25, 0.3) is 0 Å². The minimum absolute atomic E-state index is 0.0606. The zero-order chi connectivity index (χ0) is 18.2. The lowest BCUT2D eigenvalue weighted by molar-refractivity contribution is 0.539. The molecule has 0 aliphatic heterocycles. The summed E-state index contributed by atoms with van der Waals surface area (Å²) in [4.78, 5) is 9.18. The van der Waals surface area contributed by atoms with Crippen LogP contribution in [-0.4, -0.2) is 28.9 Å². The Hall–Kier alpha value is -1.81. The zero-order valence-electron chi connectivity index (χ0n) is 13.7. The molecule has 3 aromatic heterocycles. The SMILES string of the molecule is CC(C)(C)c1cc(Nc2nc(-c3ccc(S(=O)[O-])s3)ncc2Cl)n[nH]1. The average Bonchev–Trinajstić information content (AvgIpc) is 3.18. The molecule has 0 saturated heterocycles. The van der Waals surface area contributed by atoms with Crippen molar-refractivity contribution in [3.63, 3.8) is 0 Å². The van der Waals surface area contributed by atoms with E-state index in [0.717, 1.165) is 17.0 Å². The summed E-state index contributed by atoms with van der Waals surface area (Å²) in [5.74, 6) is 1.38. The molecule has 0 saturated carbocycles. The van der Waals surface area contributed by atoms with E-state index in [0.29, 0.717) is 27.4 Å². The van der Waals surface area contributed by atoms with Crippen molar-refractivity contribution in [1.29, 1.82) is 0 Å². The average molecular weight is 397 g/mol. The summed E-state index contributed by atoms with van der Waals surface area (Å²) in [5, 5.41) is 10.6. The van der Waals surface area contributed by atoms with E-state index < -0.39 is 11.1 Å². The quantitative estimate of drug-likeness (QED) is 0.648. The second-order valence-corrected chi connectivity index (χ2v) is 8.94. The highest BCUT2D eigenvalue weighted by Gasteiger charge is 2.17. The van der Waals surface area contributed by atoms with Crippen LogP contribution in [0, 0.1) is 0 Å². The van der Waals surface area contributed by atoms with Crippen molar-refractivity contribution in [2.45, 2.75) is 30.4 Å². The summed E-state index contributed by atoms with van der Waals surface area (Å²) in [7, 11) is 0. The van der Waals surface area contributed by atoms with Crippen LogP contribution in [-0.2, 0) is 16.5 Å². The van der Waals surface area contributed by atoms with Crippen molar-refractivity contribution in [1.82, 2.24) is 20.2 Å². The number of thiophene rings is 1. The summed E-state index contributed by atoms with van der Waals surface area (Å²) < 4.78 is 22.3. The van der Waals surface area contributed by atoms with Crippen molar-refractivity contribution in [3.8, 4) is 10.7 Å². The van der Waals surface area contributed by atoms with Gasteiger partial charge < -0.3 is 9.87 Å².